The lowest BCUT2D eigenvalue weighted by molar-refractivity contribution is -0.00846. The lowest BCUT2D eigenvalue weighted by atomic mass is 9.82. The summed E-state index contributed by atoms with van der Waals surface area (Å²) in [7, 11) is 0. The van der Waals surface area contributed by atoms with Gasteiger partial charge in [-0.05, 0) is 31.1 Å². The zero-order valence-electron chi connectivity index (χ0n) is 11.5. The summed E-state index contributed by atoms with van der Waals surface area (Å²) in [6, 6.07) is 0. The molecule has 0 aliphatic rings. The number of hydrogen-bond acceptors (Lipinski definition) is 1. The first-order valence-corrected chi connectivity index (χ1v) is 6.48. The minimum Gasteiger partial charge on any atom is -0.390 e. The fraction of sp³-hybridized carbons (Fsp3) is 1.00. The van der Waals surface area contributed by atoms with Gasteiger partial charge in [0.1, 0.15) is 0 Å². The van der Waals surface area contributed by atoms with E-state index in [0.717, 1.165) is 12.3 Å². The van der Waals surface area contributed by atoms with Crippen molar-refractivity contribution in [1.29, 1.82) is 0 Å². The topological polar surface area (TPSA) is 20.2 Å². The van der Waals surface area contributed by atoms with Gasteiger partial charge in [-0.25, -0.2) is 0 Å². The van der Waals surface area contributed by atoms with Gasteiger partial charge < -0.3 is 5.11 Å². The van der Waals surface area contributed by atoms with E-state index in [9.17, 15) is 5.11 Å². The largest absolute Gasteiger partial charge is 0.390 e. The molecule has 0 saturated carbocycles. The molecule has 0 amide bonds. The smallest absolute Gasteiger partial charge is 0.0645 e. The van der Waals surface area contributed by atoms with Crippen molar-refractivity contribution in [2.24, 2.45) is 17.8 Å². The molecule has 0 fully saturated rings. The van der Waals surface area contributed by atoms with Crippen LogP contribution in [0.4, 0.5) is 0 Å². The van der Waals surface area contributed by atoms with Crippen LogP contribution in [-0.4, -0.2) is 10.7 Å². The maximum atomic E-state index is 10.2. The van der Waals surface area contributed by atoms with Crippen molar-refractivity contribution in [2.45, 2.75) is 72.8 Å². The maximum Gasteiger partial charge on any atom is 0.0645 e. The molecule has 92 valence electrons. The van der Waals surface area contributed by atoms with Gasteiger partial charge in [0, 0.05) is 0 Å². The van der Waals surface area contributed by atoms with Gasteiger partial charge in [0.15, 0.2) is 0 Å². The Morgan fingerprint density at radius 1 is 1.00 bits per heavy atom. The minimum atomic E-state index is -0.489. The van der Waals surface area contributed by atoms with Crippen molar-refractivity contribution in [3.8, 4) is 0 Å². The highest BCUT2D eigenvalue weighted by atomic mass is 16.3. The molecule has 2 unspecified atom stereocenters. The summed E-state index contributed by atoms with van der Waals surface area (Å²) in [5, 5.41) is 10.2. The van der Waals surface area contributed by atoms with Crippen LogP contribution in [0.25, 0.3) is 0 Å². The monoisotopic (exact) mass is 214 g/mol. The third-order valence-corrected chi connectivity index (χ3v) is 3.48. The zero-order chi connectivity index (χ0) is 12.1. The van der Waals surface area contributed by atoms with Crippen LogP contribution in [0.3, 0.4) is 0 Å². The van der Waals surface area contributed by atoms with Gasteiger partial charge in [-0.1, -0.05) is 53.9 Å². The molecular formula is C14H30O. The molecule has 1 N–H and O–H groups in total. The predicted molar refractivity (Wildman–Crippen MR) is 67.9 cm³/mol. The van der Waals surface area contributed by atoms with Crippen molar-refractivity contribution in [2.75, 3.05) is 0 Å². The lowest BCUT2D eigenvalue weighted by Gasteiger charge is -2.30. The summed E-state index contributed by atoms with van der Waals surface area (Å²) in [6.45, 7) is 13.0. The van der Waals surface area contributed by atoms with E-state index in [-0.39, 0.29) is 0 Å². The van der Waals surface area contributed by atoms with Gasteiger partial charge in [0.25, 0.3) is 0 Å². The molecule has 0 radical (unpaired) electrons. The Balaban J connectivity index is 3.78. The first-order valence-electron chi connectivity index (χ1n) is 6.48. The van der Waals surface area contributed by atoms with E-state index in [1.807, 2.05) is 6.92 Å². The summed E-state index contributed by atoms with van der Waals surface area (Å²) in [5.41, 5.74) is -0.489. The zero-order valence-corrected chi connectivity index (χ0v) is 11.5. The molecule has 0 aromatic carbocycles. The number of hydrogen-bond donors (Lipinski definition) is 1. The Bertz CT molecular complexity index is 159. The highest BCUT2D eigenvalue weighted by Crippen LogP contribution is 2.27. The first-order chi connectivity index (χ1) is 6.75. The van der Waals surface area contributed by atoms with Crippen LogP contribution in [0.15, 0.2) is 0 Å². The Morgan fingerprint density at radius 3 is 1.93 bits per heavy atom. The molecule has 0 aromatic heterocycles. The van der Waals surface area contributed by atoms with Gasteiger partial charge in [-0.15, -0.1) is 0 Å². The average molecular weight is 214 g/mol. The van der Waals surface area contributed by atoms with Gasteiger partial charge in [0.2, 0.25) is 0 Å². The fourth-order valence-electron chi connectivity index (χ4n) is 1.92. The van der Waals surface area contributed by atoms with E-state index in [1.54, 1.807) is 0 Å². The Labute approximate surface area is 96.3 Å². The summed E-state index contributed by atoms with van der Waals surface area (Å²) in [6.07, 6.45) is 4.80. The molecule has 0 heterocycles. The van der Waals surface area contributed by atoms with Crippen LogP contribution in [0, 0.1) is 17.8 Å². The number of rotatable bonds is 7. The predicted octanol–water partition coefficient (Wildman–Crippen LogP) is 4.25. The molecular weight excluding hydrogens is 184 g/mol. The van der Waals surface area contributed by atoms with Crippen molar-refractivity contribution < 1.29 is 5.11 Å². The quantitative estimate of drug-likeness (QED) is 0.672. The van der Waals surface area contributed by atoms with Crippen molar-refractivity contribution in [3.05, 3.63) is 0 Å². The van der Waals surface area contributed by atoms with E-state index in [4.69, 9.17) is 0 Å². The van der Waals surface area contributed by atoms with Gasteiger partial charge in [0.05, 0.1) is 5.60 Å². The Morgan fingerprint density at radius 2 is 1.53 bits per heavy atom. The normalized spacial score (nSPS) is 18.2. The van der Waals surface area contributed by atoms with Crippen LogP contribution in [0.2, 0.25) is 0 Å². The third-order valence-electron chi connectivity index (χ3n) is 3.48. The maximum absolute atomic E-state index is 10.2. The molecule has 15 heavy (non-hydrogen) atoms. The molecule has 0 bridgehead atoms. The highest BCUT2D eigenvalue weighted by molar-refractivity contribution is 4.78. The second kappa shape index (κ2) is 6.52. The SMILES string of the molecule is CC(C)CCCC(C)CC(C)(O)C(C)C. The van der Waals surface area contributed by atoms with Crippen molar-refractivity contribution >= 4 is 0 Å². The van der Waals surface area contributed by atoms with Gasteiger partial charge in [-0.3, -0.25) is 0 Å². The average Bonchev–Trinajstić information content (AvgIpc) is 2.01. The summed E-state index contributed by atoms with van der Waals surface area (Å²) in [5.74, 6) is 1.80. The van der Waals surface area contributed by atoms with E-state index < -0.39 is 5.60 Å². The van der Waals surface area contributed by atoms with Crippen molar-refractivity contribution in [1.82, 2.24) is 0 Å². The van der Waals surface area contributed by atoms with Crippen molar-refractivity contribution in [3.63, 3.8) is 0 Å². The minimum absolute atomic E-state index is 0.352. The molecule has 1 heteroatoms. The fourth-order valence-corrected chi connectivity index (χ4v) is 1.92. The van der Waals surface area contributed by atoms with E-state index >= 15 is 0 Å². The Kier molecular flexibility index (Phi) is 6.51. The second-order valence-electron chi connectivity index (χ2n) is 6.15. The molecule has 1 nitrogen and oxygen atoms in total. The molecule has 0 saturated heterocycles. The molecule has 0 aliphatic carbocycles. The number of aliphatic hydroxyl groups is 1. The van der Waals surface area contributed by atoms with E-state index in [1.165, 1.54) is 19.3 Å². The molecule has 2 atom stereocenters. The van der Waals surface area contributed by atoms with Gasteiger partial charge >= 0.3 is 0 Å². The lowest BCUT2D eigenvalue weighted by Crippen LogP contribution is -2.33. The van der Waals surface area contributed by atoms with Crippen LogP contribution in [0.5, 0.6) is 0 Å². The molecule has 0 aromatic rings. The molecule has 0 aliphatic heterocycles. The van der Waals surface area contributed by atoms with Crippen LogP contribution in [-0.2, 0) is 0 Å². The molecule has 0 rings (SSSR count). The molecule has 0 spiro atoms. The van der Waals surface area contributed by atoms with Crippen LogP contribution >= 0.6 is 0 Å². The standard InChI is InChI=1S/C14H30O/c1-11(2)8-7-9-13(5)10-14(6,15)12(3)4/h11-13,15H,7-10H2,1-6H3. The summed E-state index contributed by atoms with van der Waals surface area (Å²) < 4.78 is 0. The van der Waals surface area contributed by atoms with E-state index in [0.29, 0.717) is 11.8 Å². The van der Waals surface area contributed by atoms with Gasteiger partial charge in [-0.2, -0.15) is 0 Å². The first kappa shape index (κ1) is 15.0. The second-order valence-corrected chi connectivity index (χ2v) is 6.15. The third kappa shape index (κ3) is 6.94. The highest BCUT2D eigenvalue weighted by Gasteiger charge is 2.26. The van der Waals surface area contributed by atoms with E-state index in [2.05, 4.69) is 34.6 Å². The van der Waals surface area contributed by atoms with Crippen LogP contribution in [0.1, 0.15) is 67.2 Å². The summed E-state index contributed by atoms with van der Waals surface area (Å²) >= 11 is 0. The Hall–Kier alpha value is -0.0400. The van der Waals surface area contributed by atoms with Crippen LogP contribution < -0.4 is 0 Å². The summed E-state index contributed by atoms with van der Waals surface area (Å²) in [4.78, 5) is 0.